The van der Waals surface area contributed by atoms with Crippen molar-refractivity contribution in [1.29, 1.82) is 0 Å². The van der Waals surface area contributed by atoms with Crippen molar-refractivity contribution in [2.24, 2.45) is 0 Å². The fourth-order valence-electron chi connectivity index (χ4n) is 13.0. The summed E-state index contributed by atoms with van der Waals surface area (Å²) in [6.45, 7) is 5.72. The Morgan fingerprint density at radius 2 is 0.682 bits per heavy atom. The number of carbonyl (C=O) groups excluding carboxylic acids is 1. The third kappa shape index (κ3) is 22.6. The van der Waals surface area contributed by atoms with Crippen molar-refractivity contribution in [2.45, 2.75) is 30.8 Å². The fourth-order valence-corrected chi connectivity index (χ4v) is 13.6. The second kappa shape index (κ2) is 46.6. The van der Waals surface area contributed by atoms with Gasteiger partial charge in [-0.15, -0.1) is 35.9 Å². The van der Waals surface area contributed by atoms with E-state index in [0.29, 0.717) is 0 Å². The van der Waals surface area contributed by atoms with Gasteiger partial charge in [0.25, 0.3) is 0 Å². The Morgan fingerprint density at radius 1 is 0.364 bits per heavy atom. The fraction of sp³-hybridized carbons (Fsp3) is 0.0485. The van der Waals surface area contributed by atoms with E-state index >= 15 is 0 Å². The SMILES string of the molecule is Brc1ccccc1-c1ccccc1.O=C(c1ccccc1)c1ccccc1-c1ccccc1.OC(c1ccccc1)(c1ccccc1)c1ccccc1-c1ccccc1.[Br-].[CH2-]CCC.[Li+].[Li+].[Mg+2].[c-]1ccccc1.[c-]1ccccc1-c1ccccc1.c1ccc(C2(c3ccccc3)c3ccccc3-c3ccccc32)cc1. The molecule has 1 aliphatic carbocycles. The van der Waals surface area contributed by atoms with Gasteiger partial charge in [-0.3, -0.25) is 4.79 Å². The van der Waals surface area contributed by atoms with Crippen LogP contribution in [0.15, 0.2) is 453 Å². The molecule has 0 heterocycles. The summed E-state index contributed by atoms with van der Waals surface area (Å²) in [5, 5.41) is 12.1. The average Bonchev–Trinajstić information content (AvgIpc) is 1.54. The zero-order chi connectivity index (χ0) is 73.3. The first-order valence-corrected chi connectivity index (χ1v) is 36.7. The van der Waals surface area contributed by atoms with E-state index in [2.05, 4.69) is 224 Å². The summed E-state index contributed by atoms with van der Waals surface area (Å²) in [5.41, 5.74) is 19.6. The molecule has 0 fully saturated rings. The van der Waals surface area contributed by atoms with Crippen LogP contribution in [0.2, 0.25) is 0 Å². The van der Waals surface area contributed by atoms with E-state index in [4.69, 9.17) is 0 Å². The largest absolute Gasteiger partial charge is 2.00 e. The number of benzene rings is 16. The Bertz CT molecular complexity index is 5020. The van der Waals surface area contributed by atoms with Gasteiger partial charge in [0.15, 0.2) is 5.78 Å². The summed E-state index contributed by atoms with van der Waals surface area (Å²) < 4.78 is 1.14. The third-order valence-electron chi connectivity index (χ3n) is 18.2. The van der Waals surface area contributed by atoms with Crippen LogP contribution in [0.1, 0.15) is 74.6 Å². The van der Waals surface area contributed by atoms with Gasteiger partial charge in [0.2, 0.25) is 0 Å². The molecule has 0 aromatic heterocycles. The predicted octanol–water partition coefficient (Wildman–Crippen LogP) is 17.3. The van der Waals surface area contributed by atoms with Crippen molar-refractivity contribution in [3.05, 3.63) is 523 Å². The van der Waals surface area contributed by atoms with E-state index < -0.39 is 5.60 Å². The van der Waals surface area contributed by atoms with Crippen LogP contribution < -0.4 is 54.7 Å². The normalized spacial score (nSPS) is 10.6. The zero-order valence-corrected chi connectivity index (χ0v) is 67.2. The van der Waals surface area contributed by atoms with Gasteiger partial charge in [-0.1, -0.05) is 423 Å². The van der Waals surface area contributed by atoms with Crippen LogP contribution in [-0.4, -0.2) is 33.9 Å². The topological polar surface area (TPSA) is 37.3 Å². The first-order chi connectivity index (χ1) is 52.3. The first kappa shape index (κ1) is 87.3. The zero-order valence-electron chi connectivity index (χ0n) is 62.7. The van der Waals surface area contributed by atoms with Crippen LogP contribution in [0, 0.1) is 19.1 Å². The molecular formula is C103H84Br2Li2MgO2. The molecule has 7 heteroatoms. The first-order valence-electron chi connectivity index (χ1n) is 35.9. The maximum atomic E-state index is 12.6. The summed E-state index contributed by atoms with van der Waals surface area (Å²) in [4.78, 5) is 12.6. The summed E-state index contributed by atoms with van der Waals surface area (Å²) in [6.07, 6.45) is 2.28. The molecule has 0 saturated carbocycles. The Labute approximate surface area is 711 Å². The van der Waals surface area contributed by atoms with Gasteiger partial charge in [-0.2, -0.15) is 42.8 Å². The van der Waals surface area contributed by atoms with Crippen molar-refractivity contribution in [2.75, 3.05) is 0 Å². The Hall–Kier alpha value is -9.93. The average molecular weight is 1550 g/mol. The Kier molecular flexibility index (Phi) is 36.9. The molecule has 0 atom stereocenters. The van der Waals surface area contributed by atoms with Crippen molar-refractivity contribution >= 4 is 44.8 Å². The number of aliphatic hydroxyl groups is 1. The molecule has 17 rings (SSSR count). The molecule has 0 unspecified atom stereocenters. The third-order valence-corrected chi connectivity index (χ3v) is 18.8. The molecule has 2 nitrogen and oxygen atoms in total. The molecule has 0 bridgehead atoms. The molecule has 1 aliphatic rings. The molecule has 110 heavy (non-hydrogen) atoms. The van der Waals surface area contributed by atoms with Crippen molar-refractivity contribution in [1.82, 2.24) is 0 Å². The molecule has 0 aliphatic heterocycles. The van der Waals surface area contributed by atoms with Crippen LogP contribution >= 0.6 is 15.9 Å². The second-order valence-corrected chi connectivity index (χ2v) is 25.8. The van der Waals surface area contributed by atoms with Gasteiger partial charge >= 0.3 is 60.8 Å². The molecule has 1 N–H and O–H groups in total. The number of unbranched alkanes of at least 4 members (excludes halogenated alkanes) is 1. The molecule has 526 valence electrons. The minimum atomic E-state index is -1.23. The molecule has 0 amide bonds. The van der Waals surface area contributed by atoms with E-state index in [0.717, 1.165) is 66.5 Å². The number of carbonyl (C=O) groups is 1. The number of hydrogen-bond acceptors (Lipinski definition) is 2. The van der Waals surface area contributed by atoms with Crippen molar-refractivity contribution in [3.8, 4) is 55.6 Å². The number of ketones is 1. The van der Waals surface area contributed by atoms with Crippen molar-refractivity contribution in [3.63, 3.8) is 0 Å². The molecule has 0 radical (unpaired) electrons. The van der Waals surface area contributed by atoms with Gasteiger partial charge in [-0.05, 0) is 84.0 Å². The van der Waals surface area contributed by atoms with Crippen LogP contribution in [0.25, 0.3) is 55.6 Å². The van der Waals surface area contributed by atoms with Crippen LogP contribution in [-0.2, 0) is 11.0 Å². The predicted molar refractivity (Wildman–Crippen MR) is 454 cm³/mol. The molecule has 16 aromatic carbocycles. The van der Waals surface area contributed by atoms with Gasteiger partial charge in [0.1, 0.15) is 5.60 Å². The van der Waals surface area contributed by atoms with Gasteiger partial charge < -0.3 is 29.0 Å². The van der Waals surface area contributed by atoms with Crippen LogP contribution in [0.3, 0.4) is 0 Å². The quantitative estimate of drug-likeness (QED) is 0.0573. The van der Waals surface area contributed by atoms with E-state index in [1.807, 2.05) is 267 Å². The van der Waals surface area contributed by atoms with Crippen LogP contribution in [0.4, 0.5) is 0 Å². The smallest absolute Gasteiger partial charge is 1.00 e. The van der Waals surface area contributed by atoms with Crippen LogP contribution in [0.5, 0.6) is 0 Å². The molecule has 0 saturated heterocycles. The second-order valence-electron chi connectivity index (χ2n) is 25.0. The van der Waals surface area contributed by atoms with Crippen molar-refractivity contribution < 1.29 is 64.6 Å². The summed E-state index contributed by atoms with van der Waals surface area (Å²) in [6, 6.07) is 157. The maximum absolute atomic E-state index is 12.6. The number of halogens is 2. The van der Waals surface area contributed by atoms with E-state index in [-0.39, 0.29) is 89.0 Å². The minimum absolute atomic E-state index is 0. The molecule has 16 aromatic rings. The van der Waals surface area contributed by atoms with E-state index in [1.54, 1.807) is 0 Å². The molecule has 0 spiro atoms. The van der Waals surface area contributed by atoms with Gasteiger partial charge in [-0.25, -0.2) is 0 Å². The maximum Gasteiger partial charge on any atom is 2.00 e. The number of fused-ring (bicyclic) bond motifs is 3. The summed E-state index contributed by atoms with van der Waals surface area (Å²) in [5.74, 6) is 0.0602. The summed E-state index contributed by atoms with van der Waals surface area (Å²) >= 11 is 3.53. The minimum Gasteiger partial charge on any atom is -1.00 e. The summed E-state index contributed by atoms with van der Waals surface area (Å²) in [7, 11) is 0. The Balaban J connectivity index is 0.000000188. The Morgan fingerprint density at radius 3 is 1.09 bits per heavy atom. The number of hydrogen-bond donors (Lipinski definition) is 1. The monoisotopic (exact) mass is 1550 g/mol. The number of rotatable bonds is 12. The molecular weight excluding hydrogens is 1470 g/mol. The van der Waals surface area contributed by atoms with E-state index in [9.17, 15) is 9.90 Å². The standard InChI is InChI=1S/C25H20O.C25H18.C19H14O.C12H9Br.C12H9.C6H5.C4H9.BrH.2Li.Mg/c26-25(21-14-6-2-7-15-21,22-16-8-3-9-17-22)24-19-11-10-18-23(24)20-12-4-1-5-13-20;1-3-11-19(12-4-1)25(20-13-5-2-6-14-20)23-17-9-7-15-21(23)22-16-8-10-18-24(22)25;20-19(16-11-5-2-6-12-16)18-14-8-7-13-17(18)15-9-3-1-4-10-15;13-12-9-5-4-8-11(12)10-6-2-1-3-7-10;1-3-7-11(8-4-1)12-9-5-2-6-10-12;1-2-4-6-5-3-1;1-3-4-2;;;;/h1-19,26H;1-18H;1-14H;1-9H;1-9H;1-5H;1,3-4H2,2H3;1H;;;/q;;;;3*-1;;2*+1;+2/p-1. The van der Waals surface area contributed by atoms with Gasteiger partial charge in [0, 0.05) is 21.2 Å². The van der Waals surface area contributed by atoms with Gasteiger partial charge in [0.05, 0.1) is 5.41 Å². The van der Waals surface area contributed by atoms with E-state index in [1.165, 1.54) is 56.5 Å².